The number of hydrogen-bond acceptors (Lipinski definition) is 2. The Morgan fingerprint density at radius 3 is 2.62 bits per heavy atom. The van der Waals surface area contributed by atoms with Gasteiger partial charge in [-0.25, -0.2) is 0 Å². The second-order valence-electron chi connectivity index (χ2n) is 3.39. The molecule has 2 rings (SSSR count). The number of nitrogens with zero attached hydrogens (tertiary/aromatic N) is 1. The van der Waals surface area contributed by atoms with Crippen LogP contribution in [0.15, 0.2) is 24.3 Å². The van der Waals surface area contributed by atoms with Gasteiger partial charge in [-0.2, -0.15) is 0 Å². The van der Waals surface area contributed by atoms with E-state index in [1.807, 2.05) is 0 Å². The van der Waals surface area contributed by atoms with Crippen molar-refractivity contribution in [2.75, 3.05) is 31.2 Å². The molecule has 0 N–H and O–H groups in total. The molecule has 72 valence electrons. The van der Waals surface area contributed by atoms with Crippen molar-refractivity contribution in [2.45, 2.75) is 6.92 Å². The molecular weight excluding hydrogens is 162 g/mol. The van der Waals surface area contributed by atoms with Crippen molar-refractivity contribution in [3.8, 4) is 0 Å². The van der Waals surface area contributed by atoms with Crippen molar-refractivity contribution in [1.29, 1.82) is 0 Å². The highest BCUT2D eigenvalue weighted by molar-refractivity contribution is 5.53. The molecule has 0 unspecified atom stereocenters. The first-order valence-corrected chi connectivity index (χ1v) is 4.76. The highest BCUT2D eigenvalue weighted by Crippen LogP contribution is 2.19. The average Bonchev–Trinajstić information content (AvgIpc) is 2.20. The van der Waals surface area contributed by atoms with Crippen LogP contribution in [0.2, 0.25) is 0 Å². The van der Waals surface area contributed by atoms with Gasteiger partial charge in [-0.15, -0.1) is 0 Å². The Balaban J connectivity index is 0.000000980. The summed E-state index contributed by atoms with van der Waals surface area (Å²) in [5.41, 5.74) is 2.70. The number of benzene rings is 1. The first-order chi connectivity index (χ1) is 6.38. The molecule has 1 aliphatic rings. The maximum atomic E-state index is 5.32. The summed E-state index contributed by atoms with van der Waals surface area (Å²) in [6.45, 7) is 5.91. The van der Waals surface area contributed by atoms with E-state index in [1.54, 1.807) is 0 Å². The van der Waals surface area contributed by atoms with Crippen molar-refractivity contribution in [3.63, 3.8) is 0 Å². The molecule has 2 nitrogen and oxygen atoms in total. The molecule has 1 saturated heterocycles. The Morgan fingerprint density at radius 2 is 1.92 bits per heavy atom. The van der Waals surface area contributed by atoms with Gasteiger partial charge in [0.1, 0.15) is 0 Å². The summed E-state index contributed by atoms with van der Waals surface area (Å²) in [5, 5.41) is 0. The SMILES string of the molecule is Cc1ccccc1N1CCOCC1.[HH]. The molecule has 0 aromatic heterocycles. The van der Waals surface area contributed by atoms with Gasteiger partial charge >= 0.3 is 0 Å². The lowest BCUT2D eigenvalue weighted by molar-refractivity contribution is 0.122. The molecule has 1 aromatic rings. The molecule has 2 heteroatoms. The number of anilines is 1. The summed E-state index contributed by atoms with van der Waals surface area (Å²) >= 11 is 0. The molecule has 13 heavy (non-hydrogen) atoms. The van der Waals surface area contributed by atoms with Crippen molar-refractivity contribution < 1.29 is 6.16 Å². The van der Waals surface area contributed by atoms with Crippen molar-refractivity contribution in [1.82, 2.24) is 0 Å². The molecule has 0 bridgehead atoms. The zero-order valence-corrected chi connectivity index (χ0v) is 7.99. The van der Waals surface area contributed by atoms with Crippen LogP contribution in [0.4, 0.5) is 5.69 Å². The van der Waals surface area contributed by atoms with E-state index in [2.05, 4.69) is 36.1 Å². The second kappa shape index (κ2) is 3.79. The summed E-state index contributed by atoms with van der Waals surface area (Å²) in [6.07, 6.45) is 0. The fourth-order valence-electron chi connectivity index (χ4n) is 1.72. The topological polar surface area (TPSA) is 12.5 Å². The molecule has 0 radical (unpaired) electrons. The van der Waals surface area contributed by atoms with Gasteiger partial charge in [0.25, 0.3) is 0 Å². The highest BCUT2D eigenvalue weighted by atomic mass is 16.5. The molecule has 0 aliphatic carbocycles. The first kappa shape index (κ1) is 8.57. The Labute approximate surface area is 80.6 Å². The smallest absolute Gasteiger partial charge is 0.0642 e. The number of para-hydroxylation sites is 1. The Hall–Kier alpha value is -1.02. The van der Waals surface area contributed by atoms with Crippen LogP contribution >= 0.6 is 0 Å². The molecule has 0 spiro atoms. The van der Waals surface area contributed by atoms with Crippen LogP contribution < -0.4 is 4.90 Å². The van der Waals surface area contributed by atoms with E-state index in [9.17, 15) is 0 Å². The summed E-state index contributed by atoms with van der Waals surface area (Å²) in [6, 6.07) is 8.52. The molecule has 1 heterocycles. The minimum absolute atomic E-state index is 0. The predicted octanol–water partition coefficient (Wildman–Crippen LogP) is 2.08. The van der Waals surface area contributed by atoms with Gasteiger partial charge in [-0.1, -0.05) is 18.2 Å². The predicted molar refractivity (Wildman–Crippen MR) is 56.3 cm³/mol. The van der Waals surface area contributed by atoms with Crippen molar-refractivity contribution in [3.05, 3.63) is 29.8 Å². The van der Waals surface area contributed by atoms with Gasteiger partial charge in [0.05, 0.1) is 13.2 Å². The molecule has 1 fully saturated rings. The lowest BCUT2D eigenvalue weighted by Gasteiger charge is -2.30. The normalized spacial score (nSPS) is 17.5. The van der Waals surface area contributed by atoms with Crippen LogP contribution in [-0.2, 0) is 4.74 Å². The minimum Gasteiger partial charge on any atom is -0.378 e. The number of hydrogen-bond donors (Lipinski definition) is 0. The van der Waals surface area contributed by atoms with Crippen LogP contribution in [-0.4, -0.2) is 26.3 Å². The first-order valence-electron chi connectivity index (χ1n) is 4.76. The number of morpholine rings is 1. The van der Waals surface area contributed by atoms with Crippen molar-refractivity contribution in [2.24, 2.45) is 0 Å². The zero-order valence-electron chi connectivity index (χ0n) is 7.99. The largest absolute Gasteiger partial charge is 0.378 e. The van der Waals surface area contributed by atoms with Gasteiger partial charge in [-0.3, -0.25) is 0 Å². The zero-order chi connectivity index (χ0) is 9.10. The Bertz CT molecular complexity index is 284. The molecule has 1 aromatic carbocycles. The number of aryl methyl sites for hydroxylation is 1. The van der Waals surface area contributed by atoms with Gasteiger partial charge in [0.2, 0.25) is 0 Å². The second-order valence-corrected chi connectivity index (χ2v) is 3.39. The van der Waals surface area contributed by atoms with Crippen LogP contribution in [0.25, 0.3) is 0 Å². The lowest BCUT2D eigenvalue weighted by Crippen LogP contribution is -2.36. The average molecular weight is 179 g/mol. The fourth-order valence-corrected chi connectivity index (χ4v) is 1.72. The van der Waals surface area contributed by atoms with Crippen LogP contribution in [0.5, 0.6) is 0 Å². The number of ether oxygens (including phenoxy) is 1. The van der Waals surface area contributed by atoms with Gasteiger partial charge in [0, 0.05) is 20.2 Å². The fraction of sp³-hybridized carbons (Fsp3) is 0.455. The highest BCUT2D eigenvalue weighted by Gasteiger charge is 2.11. The Kier molecular flexibility index (Phi) is 2.50. The van der Waals surface area contributed by atoms with Crippen LogP contribution in [0.1, 0.15) is 6.99 Å². The van der Waals surface area contributed by atoms with E-state index >= 15 is 0 Å². The third-order valence-electron chi connectivity index (χ3n) is 2.47. The molecule has 1 aliphatic heterocycles. The van der Waals surface area contributed by atoms with Crippen LogP contribution in [0, 0.1) is 6.92 Å². The third-order valence-corrected chi connectivity index (χ3v) is 2.47. The van der Waals surface area contributed by atoms with E-state index < -0.39 is 0 Å². The maximum absolute atomic E-state index is 5.32. The third kappa shape index (κ3) is 1.83. The van der Waals surface area contributed by atoms with E-state index in [0.29, 0.717) is 0 Å². The van der Waals surface area contributed by atoms with Gasteiger partial charge < -0.3 is 9.64 Å². The molecular formula is C11H17NO. The molecule has 0 amide bonds. The monoisotopic (exact) mass is 179 g/mol. The van der Waals surface area contributed by atoms with E-state index in [1.165, 1.54) is 11.3 Å². The summed E-state index contributed by atoms with van der Waals surface area (Å²) < 4.78 is 5.32. The number of rotatable bonds is 1. The van der Waals surface area contributed by atoms with Crippen molar-refractivity contribution >= 4 is 5.69 Å². The standard InChI is InChI=1S/C11H15NO.H2/c1-10-4-2-3-5-11(10)12-6-8-13-9-7-12;/h2-5H,6-9H2,1H3;1H. The Morgan fingerprint density at radius 1 is 1.23 bits per heavy atom. The molecule has 0 atom stereocenters. The quantitative estimate of drug-likeness (QED) is 0.654. The van der Waals surface area contributed by atoms with E-state index in [4.69, 9.17) is 4.74 Å². The van der Waals surface area contributed by atoms with Gasteiger partial charge in [-0.05, 0) is 18.6 Å². The summed E-state index contributed by atoms with van der Waals surface area (Å²) in [4.78, 5) is 2.39. The summed E-state index contributed by atoms with van der Waals surface area (Å²) in [7, 11) is 0. The molecule has 0 saturated carbocycles. The van der Waals surface area contributed by atoms with E-state index in [-0.39, 0.29) is 1.43 Å². The summed E-state index contributed by atoms with van der Waals surface area (Å²) in [5.74, 6) is 0. The van der Waals surface area contributed by atoms with Gasteiger partial charge in [0.15, 0.2) is 0 Å². The minimum atomic E-state index is 0. The van der Waals surface area contributed by atoms with Crippen LogP contribution in [0.3, 0.4) is 0 Å². The maximum Gasteiger partial charge on any atom is 0.0642 e. The van der Waals surface area contributed by atoms with E-state index in [0.717, 1.165) is 26.3 Å². The lowest BCUT2D eigenvalue weighted by atomic mass is 10.2.